The Hall–Kier alpha value is -3.70. The molecule has 6 nitrogen and oxygen atoms in total. The number of amides is 2. The van der Waals surface area contributed by atoms with Crippen LogP contribution in [0.4, 0.5) is 27.6 Å². The number of carbonyl (C=O) groups excluding carboxylic acids is 2. The second-order valence-corrected chi connectivity index (χ2v) is 12.9. The third kappa shape index (κ3) is 10.4. The van der Waals surface area contributed by atoms with Crippen LogP contribution in [0.5, 0.6) is 5.75 Å². The fourth-order valence-electron chi connectivity index (χ4n) is 6.15. The van der Waals surface area contributed by atoms with Gasteiger partial charge in [0.2, 0.25) is 0 Å². The average Bonchev–Trinajstić information content (AvgIpc) is 3.40. The molecule has 1 heterocycles. The van der Waals surface area contributed by atoms with Crippen LogP contribution < -0.4 is 16.0 Å². The van der Waals surface area contributed by atoms with Crippen molar-refractivity contribution in [3.63, 3.8) is 0 Å². The molecule has 266 valence electrons. The molecule has 1 atom stereocenters. The minimum absolute atomic E-state index is 0.0403. The number of phenols is 1. The van der Waals surface area contributed by atoms with E-state index in [1.54, 1.807) is 0 Å². The zero-order valence-electron chi connectivity index (χ0n) is 27.5. The molecular weight excluding hydrogens is 665 g/mol. The van der Waals surface area contributed by atoms with Crippen LogP contribution in [0.2, 0.25) is 5.02 Å². The molecule has 1 aliphatic rings. The van der Waals surface area contributed by atoms with Crippen molar-refractivity contribution in [3.8, 4) is 5.75 Å². The number of aromatic hydroxyl groups is 1. The number of halogens is 6. The van der Waals surface area contributed by atoms with E-state index in [2.05, 4.69) is 22.9 Å². The molecule has 0 saturated carbocycles. The van der Waals surface area contributed by atoms with E-state index >= 15 is 0 Å². The summed E-state index contributed by atoms with van der Waals surface area (Å²) in [5.41, 5.74) is -1.78. The molecule has 2 amide bonds. The van der Waals surface area contributed by atoms with Crippen molar-refractivity contribution >= 4 is 29.1 Å². The SMILES string of the molecule is CCCCCCCCCCCCCCNCc1cc(NC(=O)c2cc(F)cc(C(F)(F)F)c2)c2c(c1O)C(=O)NC2c1cc(F)ccc1Cl. The molecule has 0 radical (unpaired) electrons. The van der Waals surface area contributed by atoms with Crippen LogP contribution in [-0.2, 0) is 12.7 Å². The Bertz CT molecular complexity index is 1620. The topological polar surface area (TPSA) is 90.5 Å². The number of phenolic OH excluding ortho intramolecular Hbond substituents is 1. The zero-order valence-corrected chi connectivity index (χ0v) is 28.3. The molecule has 0 bridgehead atoms. The van der Waals surface area contributed by atoms with E-state index in [9.17, 15) is 36.6 Å². The third-order valence-corrected chi connectivity index (χ3v) is 9.08. The molecule has 1 unspecified atom stereocenters. The monoisotopic (exact) mass is 707 g/mol. The maximum Gasteiger partial charge on any atom is 0.416 e. The lowest BCUT2D eigenvalue weighted by Crippen LogP contribution is -2.21. The van der Waals surface area contributed by atoms with Crippen LogP contribution in [0.25, 0.3) is 0 Å². The van der Waals surface area contributed by atoms with Crippen molar-refractivity contribution in [2.24, 2.45) is 0 Å². The van der Waals surface area contributed by atoms with Gasteiger partial charge in [0.25, 0.3) is 11.8 Å². The van der Waals surface area contributed by atoms with Crippen LogP contribution >= 0.6 is 11.6 Å². The summed E-state index contributed by atoms with van der Waals surface area (Å²) in [5, 5.41) is 19.7. The van der Waals surface area contributed by atoms with Gasteiger partial charge < -0.3 is 21.1 Å². The highest BCUT2D eigenvalue weighted by molar-refractivity contribution is 6.31. The third-order valence-electron chi connectivity index (χ3n) is 8.74. The molecule has 3 aromatic carbocycles. The lowest BCUT2D eigenvalue weighted by molar-refractivity contribution is -0.137. The molecule has 4 N–H and O–H groups in total. The van der Waals surface area contributed by atoms with Crippen molar-refractivity contribution in [2.75, 3.05) is 11.9 Å². The molecule has 0 aliphatic carbocycles. The predicted octanol–water partition coefficient (Wildman–Crippen LogP) is 10.2. The molecule has 3 aromatic rings. The maximum atomic E-state index is 14.3. The Morgan fingerprint density at radius 3 is 2.14 bits per heavy atom. The quantitative estimate of drug-likeness (QED) is 0.0602. The molecule has 1 aliphatic heterocycles. The first-order valence-corrected chi connectivity index (χ1v) is 17.3. The standard InChI is InChI=1S/C37H43ClF5N3O3/c1-2-3-4-5-6-7-8-9-10-11-12-13-16-44-22-24-19-30(45-35(48)23-17-25(37(41,42)43)20-27(40)18-23)31-32(34(24)47)36(49)46-33(31)28-21-26(39)14-15-29(28)38/h14-15,17-21,33,44,47H,2-13,16,22H2,1H3,(H,45,48)(H,46,49). The molecule has 0 saturated heterocycles. The summed E-state index contributed by atoms with van der Waals surface area (Å²) in [6.45, 7) is 2.94. The van der Waals surface area contributed by atoms with E-state index in [0.717, 1.165) is 31.4 Å². The van der Waals surface area contributed by atoms with Crippen LogP contribution in [0.3, 0.4) is 0 Å². The van der Waals surface area contributed by atoms with E-state index in [-0.39, 0.29) is 51.3 Å². The minimum Gasteiger partial charge on any atom is -0.507 e. The molecule has 0 aromatic heterocycles. The van der Waals surface area contributed by atoms with Gasteiger partial charge in [-0.1, -0.05) is 89.2 Å². The number of hydrogen-bond acceptors (Lipinski definition) is 4. The molecule has 0 spiro atoms. The smallest absolute Gasteiger partial charge is 0.416 e. The van der Waals surface area contributed by atoms with Crippen molar-refractivity contribution in [1.29, 1.82) is 0 Å². The van der Waals surface area contributed by atoms with Gasteiger partial charge in [0.1, 0.15) is 17.4 Å². The van der Waals surface area contributed by atoms with Gasteiger partial charge in [-0.15, -0.1) is 0 Å². The summed E-state index contributed by atoms with van der Waals surface area (Å²) in [6.07, 6.45) is 9.53. The first-order chi connectivity index (χ1) is 23.4. The number of benzene rings is 3. The van der Waals surface area contributed by atoms with E-state index in [1.807, 2.05) is 0 Å². The number of fused-ring (bicyclic) bond motifs is 1. The van der Waals surface area contributed by atoms with Gasteiger partial charge in [0.15, 0.2) is 0 Å². The lowest BCUT2D eigenvalue weighted by atomic mass is 9.93. The van der Waals surface area contributed by atoms with Crippen molar-refractivity contribution in [1.82, 2.24) is 10.6 Å². The van der Waals surface area contributed by atoms with Gasteiger partial charge in [-0.05, 0) is 55.4 Å². The van der Waals surface area contributed by atoms with Gasteiger partial charge in [0.05, 0.1) is 17.2 Å². The van der Waals surface area contributed by atoms with Gasteiger partial charge >= 0.3 is 6.18 Å². The first kappa shape index (κ1) is 38.1. The van der Waals surface area contributed by atoms with E-state index in [1.165, 1.54) is 69.9 Å². The molecule has 0 fully saturated rings. The average molecular weight is 708 g/mol. The second-order valence-electron chi connectivity index (χ2n) is 12.5. The summed E-state index contributed by atoms with van der Waals surface area (Å²) < 4.78 is 68.5. The Kier molecular flexibility index (Phi) is 13.8. The van der Waals surface area contributed by atoms with Crippen LogP contribution in [0.1, 0.15) is 133 Å². The number of unbranched alkanes of at least 4 members (excludes halogenated alkanes) is 11. The number of hydrogen-bond donors (Lipinski definition) is 4. The summed E-state index contributed by atoms with van der Waals surface area (Å²) >= 11 is 6.34. The number of anilines is 1. The maximum absolute atomic E-state index is 14.3. The molecule has 49 heavy (non-hydrogen) atoms. The predicted molar refractivity (Wildman–Crippen MR) is 181 cm³/mol. The minimum atomic E-state index is -4.90. The highest BCUT2D eigenvalue weighted by Gasteiger charge is 2.38. The van der Waals surface area contributed by atoms with Gasteiger partial charge in [-0.3, -0.25) is 9.59 Å². The van der Waals surface area contributed by atoms with E-state index in [0.29, 0.717) is 18.7 Å². The Morgan fingerprint density at radius 1 is 0.878 bits per heavy atom. The Labute approximate surface area is 288 Å². The number of nitrogens with one attached hydrogen (secondary N) is 3. The van der Waals surface area contributed by atoms with Gasteiger partial charge in [0, 0.05) is 39.5 Å². The van der Waals surface area contributed by atoms with Crippen molar-refractivity contribution in [2.45, 2.75) is 103 Å². The highest BCUT2D eigenvalue weighted by atomic mass is 35.5. The van der Waals surface area contributed by atoms with E-state index in [4.69, 9.17) is 11.6 Å². The Balaban J connectivity index is 1.48. The lowest BCUT2D eigenvalue weighted by Gasteiger charge is -2.20. The summed E-state index contributed by atoms with van der Waals surface area (Å²) in [6, 6.07) is 5.23. The molecule has 12 heteroatoms. The number of rotatable bonds is 18. The van der Waals surface area contributed by atoms with Crippen LogP contribution in [0, 0.1) is 11.6 Å². The normalized spacial score (nSPS) is 14.2. The first-order valence-electron chi connectivity index (χ1n) is 16.9. The zero-order chi connectivity index (χ0) is 35.6. The summed E-state index contributed by atoms with van der Waals surface area (Å²) in [5.74, 6) is -4.10. The van der Waals surface area contributed by atoms with Crippen LogP contribution in [0.15, 0.2) is 42.5 Å². The molecular formula is C37H43ClF5N3O3. The van der Waals surface area contributed by atoms with Crippen molar-refractivity contribution < 1.29 is 36.6 Å². The largest absolute Gasteiger partial charge is 0.507 e. The van der Waals surface area contributed by atoms with Gasteiger partial charge in [-0.25, -0.2) is 8.78 Å². The number of alkyl halides is 3. The summed E-state index contributed by atoms with van der Waals surface area (Å²) in [7, 11) is 0. The van der Waals surface area contributed by atoms with Gasteiger partial charge in [-0.2, -0.15) is 13.2 Å². The molecule has 4 rings (SSSR count). The van der Waals surface area contributed by atoms with Crippen molar-refractivity contribution in [3.05, 3.63) is 92.5 Å². The van der Waals surface area contributed by atoms with E-state index < -0.39 is 46.8 Å². The summed E-state index contributed by atoms with van der Waals surface area (Å²) in [4.78, 5) is 26.5. The Morgan fingerprint density at radius 2 is 1.51 bits per heavy atom. The fraction of sp³-hybridized carbons (Fsp3) is 0.459. The second kappa shape index (κ2) is 17.8. The number of carbonyl (C=O) groups is 2. The van der Waals surface area contributed by atoms with Crippen LogP contribution in [-0.4, -0.2) is 23.5 Å². The fourth-order valence-corrected chi connectivity index (χ4v) is 6.38. The highest BCUT2D eigenvalue weighted by Crippen LogP contribution is 2.44.